The molecule has 2 nitrogen and oxygen atoms in total. The molecule has 0 aromatic rings. The van der Waals surface area contributed by atoms with Gasteiger partial charge in [-0.05, 0) is 31.1 Å². The summed E-state index contributed by atoms with van der Waals surface area (Å²) in [5, 5.41) is 10.7. The van der Waals surface area contributed by atoms with Gasteiger partial charge in [-0.2, -0.15) is 0 Å². The molecular formula is C14H27NO. The quantitative estimate of drug-likeness (QED) is 0.720. The number of aliphatic hydroxyl groups is 1. The Morgan fingerprint density at radius 1 is 0.875 bits per heavy atom. The first-order valence-electron chi connectivity index (χ1n) is 6.88. The molecule has 0 saturated heterocycles. The van der Waals surface area contributed by atoms with Crippen LogP contribution in [-0.2, 0) is 0 Å². The van der Waals surface area contributed by atoms with Crippen molar-refractivity contribution < 1.29 is 5.11 Å². The average Bonchev–Trinajstić information content (AvgIpc) is 2.08. The standard InChI is InChI=1S/C14H27NO/c1-12(2)10-14(16,11-12)13(15)8-6-4-3-5-7-9-13/h16H,3-11,15H2,1-2H3. The Balaban J connectivity index is 2.05. The minimum Gasteiger partial charge on any atom is -0.388 e. The molecule has 0 aromatic carbocycles. The monoisotopic (exact) mass is 225 g/mol. The van der Waals surface area contributed by atoms with Crippen LogP contribution >= 0.6 is 0 Å². The molecule has 2 fully saturated rings. The predicted octanol–water partition coefficient (Wildman–Crippen LogP) is 2.98. The lowest BCUT2D eigenvalue weighted by atomic mass is 9.52. The molecule has 0 radical (unpaired) electrons. The summed E-state index contributed by atoms with van der Waals surface area (Å²) in [6.07, 6.45) is 10.1. The maximum atomic E-state index is 10.7. The molecule has 0 heterocycles. The molecule has 0 unspecified atom stereocenters. The first kappa shape index (κ1) is 12.4. The van der Waals surface area contributed by atoms with Gasteiger partial charge in [0.2, 0.25) is 0 Å². The molecule has 0 bridgehead atoms. The van der Waals surface area contributed by atoms with Gasteiger partial charge in [0.25, 0.3) is 0 Å². The highest BCUT2D eigenvalue weighted by Gasteiger charge is 2.58. The minimum atomic E-state index is -0.576. The summed E-state index contributed by atoms with van der Waals surface area (Å²) in [5.74, 6) is 0. The molecule has 0 aliphatic heterocycles. The second-order valence-electron chi connectivity index (χ2n) is 6.97. The Morgan fingerprint density at radius 2 is 1.31 bits per heavy atom. The summed E-state index contributed by atoms with van der Waals surface area (Å²) in [6.45, 7) is 4.46. The molecule has 2 aliphatic carbocycles. The van der Waals surface area contributed by atoms with Crippen LogP contribution in [0.4, 0.5) is 0 Å². The summed E-state index contributed by atoms with van der Waals surface area (Å²) in [6, 6.07) is 0. The Bertz CT molecular complexity index is 243. The molecule has 16 heavy (non-hydrogen) atoms. The van der Waals surface area contributed by atoms with Gasteiger partial charge >= 0.3 is 0 Å². The first-order valence-corrected chi connectivity index (χ1v) is 6.88. The Hall–Kier alpha value is -0.0800. The molecule has 2 heteroatoms. The molecule has 0 aromatic heterocycles. The third-order valence-electron chi connectivity index (χ3n) is 4.71. The minimum absolute atomic E-state index is 0.295. The van der Waals surface area contributed by atoms with Crippen molar-refractivity contribution in [1.82, 2.24) is 0 Å². The second kappa shape index (κ2) is 3.99. The van der Waals surface area contributed by atoms with Crippen LogP contribution in [0.1, 0.15) is 71.6 Å². The number of rotatable bonds is 1. The highest BCUT2D eigenvalue weighted by molar-refractivity contribution is 5.13. The predicted molar refractivity (Wildman–Crippen MR) is 67.2 cm³/mol. The van der Waals surface area contributed by atoms with Crippen molar-refractivity contribution in [1.29, 1.82) is 0 Å². The first-order chi connectivity index (χ1) is 7.37. The zero-order valence-corrected chi connectivity index (χ0v) is 10.9. The topological polar surface area (TPSA) is 46.2 Å². The van der Waals surface area contributed by atoms with E-state index in [0.29, 0.717) is 5.41 Å². The Morgan fingerprint density at radius 3 is 1.75 bits per heavy atom. The van der Waals surface area contributed by atoms with E-state index in [9.17, 15) is 5.11 Å². The number of hydrogen-bond acceptors (Lipinski definition) is 2. The van der Waals surface area contributed by atoms with Crippen molar-refractivity contribution in [2.75, 3.05) is 0 Å². The molecule has 2 saturated carbocycles. The largest absolute Gasteiger partial charge is 0.388 e. The molecule has 0 atom stereocenters. The van der Waals surface area contributed by atoms with Gasteiger partial charge in [-0.15, -0.1) is 0 Å². The van der Waals surface area contributed by atoms with Crippen molar-refractivity contribution in [3.8, 4) is 0 Å². The van der Waals surface area contributed by atoms with E-state index >= 15 is 0 Å². The molecular weight excluding hydrogens is 198 g/mol. The fraction of sp³-hybridized carbons (Fsp3) is 1.00. The van der Waals surface area contributed by atoms with Crippen LogP contribution in [0.5, 0.6) is 0 Å². The van der Waals surface area contributed by atoms with Crippen molar-refractivity contribution in [2.24, 2.45) is 11.1 Å². The van der Waals surface area contributed by atoms with E-state index < -0.39 is 5.60 Å². The zero-order chi connectivity index (χ0) is 11.9. The summed E-state index contributed by atoms with van der Waals surface area (Å²) in [5.41, 5.74) is 5.96. The molecule has 94 valence electrons. The van der Waals surface area contributed by atoms with Crippen LogP contribution < -0.4 is 5.73 Å². The second-order valence-corrected chi connectivity index (χ2v) is 6.97. The van der Waals surface area contributed by atoms with Crippen LogP contribution in [0.3, 0.4) is 0 Å². The van der Waals surface area contributed by atoms with Gasteiger partial charge in [-0.1, -0.05) is 46.0 Å². The molecule has 2 aliphatic rings. The van der Waals surface area contributed by atoms with E-state index in [1.54, 1.807) is 0 Å². The number of hydrogen-bond donors (Lipinski definition) is 2. The smallest absolute Gasteiger partial charge is 0.0836 e. The fourth-order valence-electron chi connectivity index (χ4n) is 3.89. The van der Waals surface area contributed by atoms with Crippen LogP contribution in [0.2, 0.25) is 0 Å². The van der Waals surface area contributed by atoms with Crippen LogP contribution in [0.25, 0.3) is 0 Å². The van der Waals surface area contributed by atoms with Gasteiger partial charge in [-0.3, -0.25) is 0 Å². The third kappa shape index (κ3) is 2.14. The summed E-state index contributed by atoms with van der Waals surface area (Å²) in [4.78, 5) is 0. The van der Waals surface area contributed by atoms with Gasteiger partial charge in [0.1, 0.15) is 0 Å². The van der Waals surface area contributed by atoms with Gasteiger partial charge < -0.3 is 10.8 Å². The summed E-state index contributed by atoms with van der Waals surface area (Å²) in [7, 11) is 0. The normalized spacial score (nSPS) is 32.2. The van der Waals surface area contributed by atoms with E-state index in [-0.39, 0.29) is 5.54 Å². The summed E-state index contributed by atoms with van der Waals surface area (Å²) >= 11 is 0. The van der Waals surface area contributed by atoms with Crippen LogP contribution in [-0.4, -0.2) is 16.2 Å². The highest BCUT2D eigenvalue weighted by atomic mass is 16.3. The van der Waals surface area contributed by atoms with Gasteiger partial charge in [0, 0.05) is 5.54 Å². The number of nitrogens with two attached hydrogens (primary N) is 1. The Labute approximate surface area is 99.6 Å². The van der Waals surface area contributed by atoms with Crippen LogP contribution in [0.15, 0.2) is 0 Å². The van der Waals surface area contributed by atoms with Gasteiger partial charge in [0.05, 0.1) is 5.60 Å². The third-order valence-corrected chi connectivity index (χ3v) is 4.71. The Kier molecular flexibility index (Phi) is 3.09. The summed E-state index contributed by atoms with van der Waals surface area (Å²) < 4.78 is 0. The van der Waals surface area contributed by atoms with Gasteiger partial charge in [0.15, 0.2) is 0 Å². The maximum absolute atomic E-state index is 10.7. The zero-order valence-electron chi connectivity index (χ0n) is 10.9. The van der Waals surface area contributed by atoms with Crippen LogP contribution in [0, 0.1) is 5.41 Å². The van der Waals surface area contributed by atoms with E-state index in [0.717, 1.165) is 25.7 Å². The lowest BCUT2D eigenvalue weighted by molar-refractivity contribution is -0.166. The van der Waals surface area contributed by atoms with E-state index in [1.165, 1.54) is 32.1 Å². The maximum Gasteiger partial charge on any atom is 0.0836 e. The van der Waals surface area contributed by atoms with Crippen molar-refractivity contribution in [3.63, 3.8) is 0 Å². The lowest BCUT2D eigenvalue weighted by Crippen LogP contribution is -2.68. The fourth-order valence-corrected chi connectivity index (χ4v) is 3.89. The lowest BCUT2D eigenvalue weighted by Gasteiger charge is -2.59. The van der Waals surface area contributed by atoms with E-state index in [4.69, 9.17) is 5.73 Å². The van der Waals surface area contributed by atoms with E-state index in [2.05, 4.69) is 13.8 Å². The molecule has 0 spiro atoms. The average molecular weight is 225 g/mol. The molecule has 0 amide bonds. The van der Waals surface area contributed by atoms with Crippen molar-refractivity contribution >= 4 is 0 Å². The molecule has 3 N–H and O–H groups in total. The SMILES string of the molecule is CC1(C)CC(O)(C2(N)CCCCCCC2)C1. The molecule has 2 rings (SSSR count). The van der Waals surface area contributed by atoms with Gasteiger partial charge in [-0.25, -0.2) is 0 Å². The van der Waals surface area contributed by atoms with E-state index in [1.807, 2.05) is 0 Å². The highest BCUT2D eigenvalue weighted by Crippen LogP contribution is 2.54. The van der Waals surface area contributed by atoms with Crippen molar-refractivity contribution in [3.05, 3.63) is 0 Å². The van der Waals surface area contributed by atoms with Crippen molar-refractivity contribution in [2.45, 2.75) is 82.8 Å².